The van der Waals surface area contributed by atoms with E-state index < -0.39 is 0 Å². The number of fused-ring (bicyclic) bond motifs is 1. The van der Waals surface area contributed by atoms with Crippen LogP contribution in [0.25, 0.3) is 0 Å². The minimum atomic E-state index is -0.284. The molecule has 2 aromatic rings. The molecule has 4 nitrogen and oxygen atoms in total. The standard InChI is InChI=1S/C20H23FN2O2S2/c1-2-25-19(24)17-15-5-3-4-6-16(15)27-18(17)23-20(26)22-12-11-13-7-9-14(21)10-8-13/h7-10H,2-6,11-12H2,1H3,(H2,22,23,26). The molecule has 1 heterocycles. The average molecular weight is 407 g/mol. The van der Waals surface area contributed by atoms with Gasteiger partial charge in [-0.3, -0.25) is 0 Å². The van der Waals surface area contributed by atoms with Gasteiger partial charge in [0.1, 0.15) is 10.8 Å². The Labute approximate surface area is 168 Å². The van der Waals surface area contributed by atoms with Gasteiger partial charge < -0.3 is 15.4 Å². The summed E-state index contributed by atoms with van der Waals surface area (Å²) in [6.45, 7) is 2.78. The van der Waals surface area contributed by atoms with Crippen LogP contribution in [0.4, 0.5) is 9.39 Å². The summed E-state index contributed by atoms with van der Waals surface area (Å²) in [5.74, 6) is -0.523. The molecule has 3 rings (SSSR count). The highest BCUT2D eigenvalue weighted by Gasteiger charge is 2.26. The van der Waals surface area contributed by atoms with E-state index in [9.17, 15) is 9.18 Å². The van der Waals surface area contributed by atoms with Crippen molar-refractivity contribution in [2.24, 2.45) is 0 Å². The van der Waals surface area contributed by atoms with E-state index in [1.807, 2.05) is 6.92 Å². The van der Waals surface area contributed by atoms with Crippen LogP contribution >= 0.6 is 23.6 Å². The van der Waals surface area contributed by atoms with Crippen molar-refractivity contribution < 1.29 is 13.9 Å². The lowest BCUT2D eigenvalue weighted by atomic mass is 9.95. The van der Waals surface area contributed by atoms with Crippen molar-refractivity contribution in [1.29, 1.82) is 0 Å². The first-order valence-electron chi connectivity index (χ1n) is 9.19. The maximum Gasteiger partial charge on any atom is 0.341 e. The Morgan fingerprint density at radius 2 is 2.00 bits per heavy atom. The Bertz CT molecular complexity index is 818. The van der Waals surface area contributed by atoms with Crippen molar-refractivity contribution >= 4 is 39.6 Å². The summed E-state index contributed by atoms with van der Waals surface area (Å²) in [5, 5.41) is 7.57. The SMILES string of the molecule is CCOC(=O)c1c(NC(=S)NCCc2ccc(F)cc2)sc2c1CCCC2. The lowest BCUT2D eigenvalue weighted by Crippen LogP contribution is -2.30. The van der Waals surface area contributed by atoms with Crippen molar-refractivity contribution in [3.8, 4) is 0 Å². The predicted octanol–water partition coefficient (Wildman–Crippen LogP) is 4.47. The minimum absolute atomic E-state index is 0.239. The molecule has 0 unspecified atom stereocenters. The van der Waals surface area contributed by atoms with E-state index in [0.29, 0.717) is 23.8 Å². The van der Waals surface area contributed by atoms with Crippen molar-refractivity contribution in [2.45, 2.75) is 39.0 Å². The number of ether oxygens (including phenoxy) is 1. The summed E-state index contributed by atoms with van der Waals surface area (Å²) in [5.41, 5.74) is 2.78. The van der Waals surface area contributed by atoms with Crippen LogP contribution in [-0.2, 0) is 24.0 Å². The summed E-state index contributed by atoms with van der Waals surface area (Å²) in [4.78, 5) is 13.7. The number of benzene rings is 1. The van der Waals surface area contributed by atoms with Gasteiger partial charge in [0.05, 0.1) is 12.2 Å². The largest absolute Gasteiger partial charge is 0.462 e. The average Bonchev–Trinajstić information content (AvgIpc) is 3.01. The second-order valence-electron chi connectivity index (χ2n) is 6.39. The van der Waals surface area contributed by atoms with Gasteiger partial charge >= 0.3 is 5.97 Å². The van der Waals surface area contributed by atoms with Crippen LogP contribution in [0.3, 0.4) is 0 Å². The van der Waals surface area contributed by atoms with Gasteiger partial charge in [0.2, 0.25) is 0 Å². The molecule has 1 aliphatic carbocycles. The highest BCUT2D eigenvalue weighted by molar-refractivity contribution is 7.80. The molecule has 0 amide bonds. The van der Waals surface area contributed by atoms with Crippen LogP contribution in [0.2, 0.25) is 0 Å². The number of thiophene rings is 1. The van der Waals surface area contributed by atoms with E-state index in [4.69, 9.17) is 17.0 Å². The van der Waals surface area contributed by atoms with Gasteiger partial charge in [-0.05, 0) is 74.5 Å². The topological polar surface area (TPSA) is 50.4 Å². The first-order chi connectivity index (χ1) is 13.1. The Balaban J connectivity index is 1.63. The fraction of sp³-hybridized carbons (Fsp3) is 0.400. The van der Waals surface area contributed by atoms with E-state index in [0.717, 1.165) is 48.2 Å². The molecular weight excluding hydrogens is 383 g/mol. The van der Waals surface area contributed by atoms with Crippen LogP contribution in [0, 0.1) is 5.82 Å². The lowest BCUT2D eigenvalue weighted by molar-refractivity contribution is 0.0526. The van der Waals surface area contributed by atoms with E-state index in [1.54, 1.807) is 23.5 Å². The quantitative estimate of drug-likeness (QED) is 0.547. The summed E-state index contributed by atoms with van der Waals surface area (Å²) in [7, 11) is 0. The Hall–Kier alpha value is -1.99. The molecule has 2 N–H and O–H groups in total. The molecule has 0 radical (unpaired) electrons. The molecule has 27 heavy (non-hydrogen) atoms. The normalized spacial score (nSPS) is 13.0. The number of carbonyl (C=O) groups is 1. The molecule has 0 saturated carbocycles. The van der Waals surface area contributed by atoms with Gasteiger partial charge in [-0.25, -0.2) is 9.18 Å². The number of carbonyl (C=O) groups excluding carboxylic acids is 1. The number of hydrogen-bond acceptors (Lipinski definition) is 4. The van der Waals surface area contributed by atoms with Gasteiger partial charge in [-0.15, -0.1) is 11.3 Å². The van der Waals surface area contributed by atoms with Crippen LogP contribution in [0.5, 0.6) is 0 Å². The number of esters is 1. The van der Waals surface area contributed by atoms with Gasteiger partial charge in [0, 0.05) is 11.4 Å². The molecule has 7 heteroatoms. The zero-order chi connectivity index (χ0) is 19.2. The van der Waals surface area contributed by atoms with E-state index in [-0.39, 0.29) is 11.8 Å². The second-order valence-corrected chi connectivity index (χ2v) is 7.91. The molecule has 0 bridgehead atoms. The highest BCUT2D eigenvalue weighted by atomic mass is 32.1. The van der Waals surface area contributed by atoms with Gasteiger partial charge in [-0.1, -0.05) is 12.1 Å². The smallest absolute Gasteiger partial charge is 0.341 e. The van der Waals surface area contributed by atoms with E-state index >= 15 is 0 Å². The van der Waals surface area contributed by atoms with Gasteiger partial charge in [0.15, 0.2) is 5.11 Å². The fourth-order valence-corrected chi connectivity index (χ4v) is 4.74. The molecule has 0 fully saturated rings. The maximum absolute atomic E-state index is 13.0. The number of aryl methyl sites for hydroxylation is 1. The van der Waals surface area contributed by atoms with Crippen molar-refractivity contribution in [3.05, 3.63) is 51.7 Å². The zero-order valence-electron chi connectivity index (χ0n) is 15.3. The van der Waals surface area contributed by atoms with E-state index in [2.05, 4.69) is 10.6 Å². The summed E-state index contributed by atoms with van der Waals surface area (Å²) >= 11 is 6.99. The number of rotatable bonds is 6. The minimum Gasteiger partial charge on any atom is -0.462 e. The summed E-state index contributed by atoms with van der Waals surface area (Å²) in [6, 6.07) is 6.43. The van der Waals surface area contributed by atoms with Crippen molar-refractivity contribution in [3.63, 3.8) is 0 Å². The van der Waals surface area contributed by atoms with Crippen molar-refractivity contribution in [2.75, 3.05) is 18.5 Å². The number of halogens is 1. The Morgan fingerprint density at radius 3 is 2.74 bits per heavy atom. The third-order valence-electron chi connectivity index (χ3n) is 4.49. The number of nitrogens with one attached hydrogen (secondary N) is 2. The molecule has 1 aromatic heterocycles. The summed E-state index contributed by atoms with van der Waals surface area (Å²) < 4.78 is 18.2. The zero-order valence-corrected chi connectivity index (χ0v) is 16.9. The predicted molar refractivity (Wildman–Crippen MR) is 111 cm³/mol. The van der Waals surface area contributed by atoms with Gasteiger partial charge in [0.25, 0.3) is 0 Å². The molecule has 0 saturated heterocycles. The highest BCUT2D eigenvalue weighted by Crippen LogP contribution is 2.38. The molecule has 0 atom stereocenters. The Kier molecular flexibility index (Phi) is 6.79. The fourth-order valence-electron chi connectivity index (χ4n) is 3.19. The first kappa shape index (κ1) is 19.8. The lowest BCUT2D eigenvalue weighted by Gasteiger charge is -2.13. The van der Waals surface area contributed by atoms with Gasteiger partial charge in [-0.2, -0.15) is 0 Å². The molecule has 0 spiro atoms. The van der Waals surface area contributed by atoms with Crippen LogP contribution in [0.1, 0.15) is 46.1 Å². The van der Waals surface area contributed by atoms with E-state index in [1.165, 1.54) is 17.0 Å². The third-order valence-corrected chi connectivity index (χ3v) is 5.94. The second kappa shape index (κ2) is 9.28. The maximum atomic E-state index is 13.0. The Morgan fingerprint density at radius 1 is 1.26 bits per heavy atom. The summed E-state index contributed by atoms with van der Waals surface area (Å²) in [6.07, 6.45) is 4.88. The first-order valence-corrected chi connectivity index (χ1v) is 10.4. The monoisotopic (exact) mass is 406 g/mol. The molecule has 0 aliphatic heterocycles. The number of hydrogen-bond donors (Lipinski definition) is 2. The molecule has 1 aromatic carbocycles. The molecule has 1 aliphatic rings. The third kappa shape index (κ3) is 5.05. The van der Waals surface area contributed by atoms with Crippen LogP contribution in [0.15, 0.2) is 24.3 Å². The number of thiocarbonyl (C=S) groups is 1. The molecule has 144 valence electrons. The van der Waals surface area contributed by atoms with Crippen LogP contribution < -0.4 is 10.6 Å². The number of anilines is 1. The van der Waals surface area contributed by atoms with Crippen molar-refractivity contribution in [1.82, 2.24) is 5.32 Å². The molecular formula is C20H23FN2O2S2. The van der Waals surface area contributed by atoms with Crippen LogP contribution in [-0.4, -0.2) is 24.2 Å².